The maximum atomic E-state index is 12.0. The van der Waals surface area contributed by atoms with Crippen molar-refractivity contribution in [3.05, 3.63) is 32.7 Å². The molecule has 0 spiro atoms. The van der Waals surface area contributed by atoms with E-state index in [1.807, 2.05) is 12.1 Å². The molecule has 22 heavy (non-hydrogen) atoms. The van der Waals surface area contributed by atoms with Crippen LogP contribution < -0.4 is 5.32 Å². The Morgan fingerprint density at radius 1 is 1.18 bits per heavy atom. The van der Waals surface area contributed by atoms with Gasteiger partial charge in [-0.3, -0.25) is 4.79 Å². The van der Waals surface area contributed by atoms with Gasteiger partial charge in [0.05, 0.1) is 0 Å². The maximum Gasteiger partial charge on any atom is 0.329 e. The van der Waals surface area contributed by atoms with Gasteiger partial charge >= 0.3 is 5.97 Å². The Balaban J connectivity index is 2.14. The Morgan fingerprint density at radius 2 is 1.86 bits per heavy atom. The molecule has 116 valence electrons. The van der Waals surface area contributed by atoms with Crippen molar-refractivity contribution < 1.29 is 14.7 Å². The molecular weight excluding hydrogens is 414 g/mol. The molecule has 0 aromatic heterocycles. The van der Waals surface area contributed by atoms with Crippen molar-refractivity contribution in [3.8, 4) is 11.8 Å². The Bertz CT molecular complexity index is 655. The molecule has 4 nitrogen and oxygen atoms in total. The van der Waals surface area contributed by atoms with Crippen molar-refractivity contribution >= 4 is 43.7 Å². The van der Waals surface area contributed by atoms with Gasteiger partial charge in [-0.2, -0.15) is 0 Å². The van der Waals surface area contributed by atoms with E-state index in [0.717, 1.165) is 28.2 Å². The van der Waals surface area contributed by atoms with E-state index in [1.165, 1.54) is 0 Å². The lowest BCUT2D eigenvalue weighted by Crippen LogP contribution is -2.55. The fourth-order valence-corrected chi connectivity index (χ4v) is 3.25. The summed E-state index contributed by atoms with van der Waals surface area (Å²) in [5.41, 5.74) is -0.504. The highest BCUT2D eigenvalue weighted by Crippen LogP contribution is 2.28. The zero-order valence-electron chi connectivity index (χ0n) is 11.8. The van der Waals surface area contributed by atoms with E-state index >= 15 is 0 Å². The third kappa shape index (κ3) is 3.90. The monoisotopic (exact) mass is 427 g/mol. The first-order valence-electron chi connectivity index (χ1n) is 6.96. The quantitative estimate of drug-likeness (QED) is 0.708. The third-order valence-corrected chi connectivity index (χ3v) is 5.78. The fourth-order valence-electron chi connectivity index (χ4n) is 2.52. The van der Waals surface area contributed by atoms with Crippen LogP contribution in [0.4, 0.5) is 0 Å². The van der Waals surface area contributed by atoms with Gasteiger partial charge in [0.2, 0.25) is 0 Å². The Kier molecular flexibility index (Phi) is 5.65. The third-order valence-electron chi connectivity index (χ3n) is 3.73. The predicted octanol–water partition coefficient (Wildman–Crippen LogP) is 3.47. The highest BCUT2D eigenvalue weighted by atomic mass is 79.9. The molecule has 0 atom stereocenters. The van der Waals surface area contributed by atoms with Gasteiger partial charge in [-0.05, 0) is 56.8 Å². The van der Waals surface area contributed by atoms with Crippen molar-refractivity contribution in [2.45, 2.75) is 37.6 Å². The SMILES string of the molecule is O=C(C#Cc1cccc(Br)c1Br)NC1(C(=O)O)CCCCC1. The van der Waals surface area contributed by atoms with Crippen molar-refractivity contribution in [1.29, 1.82) is 0 Å². The molecule has 1 aliphatic rings. The molecule has 2 rings (SSSR count). The second-order valence-corrected chi connectivity index (χ2v) is 6.90. The molecular formula is C16H15Br2NO3. The lowest BCUT2D eigenvalue weighted by molar-refractivity contribution is -0.148. The number of halogens is 2. The number of benzene rings is 1. The van der Waals surface area contributed by atoms with Gasteiger partial charge < -0.3 is 10.4 Å². The molecule has 0 saturated heterocycles. The van der Waals surface area contributed by atoms with Crippen LogP contribution in [0.5, 0.6) is 0 Å². The van der Waals surface area contributed by atoms with Crippen LogP contribution >= 0.6 is 31.9 Å². The van der Waals surface area contributed by atoms with Crippen LogP contribution in [0.15, 0.2) is 27.1 Å². The lowest BCUT2D eigenvalue weighted by atomic mass is 9.81. The van der Waals surface area contributed by atoms with E-state index in [1.54, 1.807) is 6.07 Å². The van der Waals surface area contributed by atoms with Crippen molar-refractivity contribution in [2.75, 3.05) is 0 Å². The molecule has 1 aromatic rings. The summed E-state index contributed by atoms with van der Waals surface area (Å²) in [6.07, 6.45) is 3.52. The van der Waals surface area contributed by atoms with Crippen molar-refractivity contribution in [1.82, 2.24) is 5.32 Å². The average Bonchev–Trinajstić information content (AvgIpc) is 2.49. The van der Waals surface area contributed by atoms with E-state index in [0.29, 0.717) is 18.4 Å². The second kappa shape index (κ2) is 7.30. The predicted molar refractivity (Wildman–Crippen MR) is 90.3 cm³/mol. The summed E-state index contributed by atoms with van der Waals surface area (Å²) in [6.45, 7) is 0. The Hall–Kier alpha value is -1.32. The standard InChI is InChI=1S/C16H15Br2NO3/c17-12-6-4-5-11(14(12)18)7-8-13(20)19-16(15(21)22)9-2-1-3-10-16/h4-6H,1-3,9-10H2,(H,19,20)(H,21,22). The number of hydrogen-bond acceptors (Lipinski definition) is 2. The van der Waals surface area contributed by atoms with Crippen molar-refractivity contribution in [3.63, 3.8) is 0 Å². The number of carboxylic acid groups (broad SMARTS) is 1. The first kappa shape index (κ1) is 17.0. The van der Waals surface area contributed by atoms with Gasteiger partial charge in [-0.1, -0.05) is 31.2 Å². The van der Waals surface area contributed by atoms with E-state index in [-0.39, 0.29) is 0 Å². The molecule has 0 radical (unpaired) electrons. The summed E-state index contributed by atoms with van der Waals surface area (Å²) >= 11 is 6.75. The first-order valence-corrected chi connectivity index (χ1v) is 8.55. The number of aliphatic carboxylic acids is 1. The number of hydrogen-bond donors (Lipinski definition) is 2. The summed E-state index contributed by atoms with van der Waals surface area (Å²) in [5, 5.41) is 12.0. The van der Waals surface area contributed by atoms with Crippen LogP contribution in [0.3, 0.4) is 0 Å². The number of nitrogens with one attached hydrogen (secondary N) is 1. The molecule has 0 aliphatic heterocycles. The van der Waals surface area contributed by atoms with E-state index < -0.39 is 17.4 Å². The molecule has 0 unspecified atom stereocenters. The molecule has 0 bridgehead atoms. The van der Waals surface area contributed by atoms with Gasteiger partial charge in [0, 0.05) is 20.4 Å². The number of rotatable bonds is 2. The molecule has 2 N–H and O–H groups in total. The zero-order valence-corrected chi connectivity index (χ0v) is 15.0. The highest BCUT2D eigenvalue weighted by Gasteiger charge is 2.40. The minimum atomic E-state index is -1.17. The fraction of sp³-hybridized carbons (Fsp3) is 0.375. The van der Waals surface area contributed by atoms with Crippen LogP contribution in [-0.4, -0.2) is 22.5 Å². The summed E-state index contributed by atoms with van der Waals surface area (Å²) in [7, 11) is 0. The maximum absolute atomic E-state index is 12.0. The summed E-state index contributed by atoms with van der Waals surface area (Å²) in [6, 6.07) is 5.45. The summed E-state index contributed by atoms with van der Waals surface area (Å²) < 4.78 is 1.61. The minimum absolute atomic E-state index is 0.455. The smallest absolute Gasteiger partial charge is 0.329 e. The normalized spacial score (nSPS) is 16.3. The van der Waals surface area contributed by atoms with Gasteiger partial charge in [-0.15, -0.1) is 0 Å². The van der Waals surface area contributed by atoms with Crippen LogP contribution in [-0.2, 0) is 9.59 Å². The molecule has 6 heteroatoms. The van der Waals surface area contributed by atoms with E-state index in [9.17, 15) is 14.7 Å². The van der Waals surface area contributed by atoms with Crippen molar-refractivity contribution in [2.24, 2.45) is 0 Å². The molecule has 1 amide bonds. The van der Waals surface area contributed by atoms with E-state index in [2.05, 4.69) is 49.0 Å². The largest absolute Gasteiger partial charge is 0.480 e. The van der Waals surface area contributed by atoms with Gasteiger partial charge in [0.1, 0.15) is 5.54 Å². The molecule has 1 fully saturated rings. The molecule has 1 saturated carbocycles. The second-order valence-electron chi connectivity index (χ2n) is 5.25. The number of carbonyl (C=O) groups excluding carboxylic acids is 1. The lowest BCUT2D eigenvalue weighted by Gasteiger charge is -2.33. The zero-order chi connectivity index (χ0) is 16.2. The number of carboxylic acids is 1. The van der Waals surface area contributed by atoms with Crippen LogP contribution in [0, 0.1) is 11.8 Å². The molecule has 1 aliphatic carbocycles. The van der Waals surface area contributed by atoms with E-state index in [4.69, 9.17) is 0 Å². The van der Waals surface area contributed by atoms with Crippen LogP contribution in [0.25, 0.3) is 0 Å². The van der Waals surface area contributed by atoms with Gasteiger partial charge in [0.15, 0.2) is 0 Å². The number of amides is 1. The van der Waals surface area contributed by atoms with Gasteiger partial charge in [-0.25, -0.2) is 4.79 Å². The summed E-state index contributed by atoms with van der Waals surface area (Å²) in [4.78, 5) is 23.5. The minimum Gasteiger partial charge on any atom is -0.480 e. The van der Waals surface area contributed by atoms with Crippen LogP contribution in [0.2, 0.25) is 0 Å². The first-order chi connectivity index (χ1) is 10.4. The Labute approximate surface area is 145 Å². The molecule has 1 aromatic carbocycles. The average molecular weight is 429 g/mol. The highest BCUT2D eigenvalue weighted by molar-refractivity contribution is 9.13. The topological polar surface area (TPSA) is 66.4 Å². The van der Waals surface area contributed by atoms with Crippen LogP contribution in [0.1, 0.15) is 37.7 Å². The Morgan fingerprint density at radius 3 is 2.50 bits per heavy atom. The summed E-state index contributed by atoms with van der Waals surface area (Å²) in [5.74, 6) is 3.71. The number of carbonyl (C=O) groups is 2. The van der Waals surface area contributed by atoms with Gasteiger partial charge in [0.25, 0.3) is 5.91 Å². The molecule has 0 heterocycles.